The lowest BCUT2D eigenvalue weighted by atomic mass is 9.95. The van der Waals surface area contributed by atoms with E-state index in [0.29, 0.717) is 21.8 Å². The molecule has 112 valence electrons. The quantitative estimate of drug-likeness (QED) is 0.830. The summed E-state index contributed by atoms with van der Waals surface area (Å²) in [5.74, 6) is 1.27. The molecule has 3 rings (SSSR count). The zero-order valence-electron chi connectivity index (χ0n) is 11.6. The third-order valence-electron chi connectivity index (χ3n) is 3.95. The first kappa shape index (κ1) is 14.8. The standard InChI is InChI=1S/C15H17Cl2N3O/c16-10-6-9(7-11(17)8-10)14-19-15(21-20-14)12-4-2-1-3-5-13(12)18/h6-8,12-13H,1-5,18H2. The zero-order valence-corrected chi connectivity index (χ0v) is 13.1. The van der Waals surface area contributed by atoms with Crippen LogP contribution in [0, 0.1) is 0 Å². The summed E-state index contributed by atoms with van der Waals surface area (Å²) in [5.41, 5.74) is 6.99. The van der Waals surface area contributed by atoms with Crippen molar-refractivity contribution in [2.45, 2.75) is 44.1 Å². The molecule has 2 atom stereocenters. The van der Waals surface area contributed by atoms with Gasteiger partial charge in [-0.25, -0.2) is 0 Å². The van der Waals surface area contributed by atoms with E-state index in [9.17, 15) is 0 Å². The maximum Gasteiger partial charge on any atom is 0.231 e. The predicted octanol–water partition coefficient (Wildman–Crippen LogP) is 4.42. The fourth-order valence-corrected chi connectivity index (χ4v) is 3.35. The van der Waals surface area contributed by atoms with Crippen molar-refractivity contribution in [3.63, 3.8) is 0 Å². The van der Waals surface area contributed by atoms with E-state index in [0.717, 1.165) is 24.8 Å². The summed E-state index contributed by atoms with van der Waals surface area (Å²) in [5, 5.41) is 5.15. The van der Waals surface area contributed by atoms with Gasteiger partial charge in [-0.2, -0.15) is 4.98 Å². The first-order valence-corrected chi connectivity index (χ1v) is 7.95. The van der Waals surface area contributed by atoms with Crippen LogP contribution in [0.3, 0.4) is 0 Å². The molecule has 0 saturated heterocycles. The van der Waals surface area contributed by atoms with Gasteiger partial charge >= 0.3 is 0 Å². The van der Waals surface area contributed by atoms with Gasteiger partial charge in [0.2, 0.25) is 11.7 Å². The van der Waals surface area contributed by atoms with Gasteiger partial charge in [-0.1, -0.05) is 47.6 Å². The Morgan fingerprint density at radius 2 is 1.76 bits per heavy atom. The highest BCUT2D eigenvalue weighted by Gasteiger charge is 2.27. The first-order chi connectivity index (χ1) is 10.1. The summed E-state index contributed by atoms with van der Waals surface area (Å²) < 4.78 is 5.44. The number of aromatic nitrogens is 2. The smallest absolute Gasteiger partial charge is 0.231 e. The number of benzene rings is 1. The fraction of sp³-hybridized carbons (Fsp3) is 0.467. The van der Waals surface area contributed by atoms with Crippen molar-refractivity contribution in [2.24, 2.45) is 5.73 Å². The number of hydrogen-bond donors (Lipinski definition) is 1. The third kappa shape index (κ3) is 3.39. The van der Waals surface area contributed by atoms with Gasteiger partial charge in [0.1, 0.15) is 0 Å². The van der Waals surface area contributed by atoms with Crippen LogP contribution in [-0.2, 0) is 0 Å². The van der Waals surface area contributed by atoms with Crippen LogP contribution >= 0.6 is 23.2 Å². The van der Waals surface area contributed by atoms with Gasteiger partial charge in [0.05, 0.1) is 5.92 Å². The van der Waals surface area contributed by atoms with Gasteiger partial charge in [-0.15, -0.1) is 0 Å². The van der Waals surface area contributed by atoms with Crippen LogP contribution in [0.15, 0.2) is 22.7 Å². The number of rotatable bonds is 2. The summed E-state index contributed by atoms with van der Waals surface area (Å²) in [7, 11) is 0. The molecule has 1 aromatic carbocycles. The number of hydrogen-bond acceptors (Lipinski definition) is 4. The third-order valence-corrected chi connectivity index (χ3v) is 4.39. The molecule has 1 aliphatic rings. The van der Waals surface area contributed by atoms with Gasteiger partial charge in [0, 0.05) is 21.7 Å². The Labute approximate surface area is 133 Å². The molecule has 6 heteroatoms. The summed E-state index contributed by atoms with van der Waals surface area (Å²) >= 11 is 12.0. The molecular weight excluding hydrogens is 309 g/mol. The zero-order chi connectivity index (χ0) is 14.8. The molecule has 1 heterocycles. The van der Waals surface area contributed by atoms with Crippen molar-refractivity contribution in [2.75, 3.05) is 0 Å². The Morgan fingerprint density at radius 3 is 2.52 bits per heavy atom. The average Bonchev–Trinajstić information content (AvgIpc) is 2.81. The number of nitrogens with zero attached hydrogens (tertiary/aromatic N) is 2. The van der Waals surface area contributed by atoms with E-state index < -0.39 is 0 Å². The Hall–Kier alpha value is -1.10. The van der Waals surface area contributed by atoms with E-state index in [1.54, 1.807) is 18.2 Å². The lowest BCUT2D eigenvalue weighted by molar-refractivity contribution is 0.326. The molecule has 0 spiro atoms. The normalized spacial score (nSPS) is 23.0. The lowest BCUT2D eigenvalue weighted by Gasteiger charge is -2.16. The van der Waals surface area contributed by atoms with E-state index in [4.69, 9.17) is 33.5 Å². The molecule has 4 nitrogen and oxygen atoms in total. The maximum absolute atomic E-state index is 6.24. The van der Waals surface area contributed by atoms with Crippen LogP contribution in [0.25, 0.3) is 11.4 Å². The Balaban J connectivity index is 1.88. The summed E-state index contributed by atoms with van der Waals surface area (Å²) in [6, 6.07) is 5.31. The van der Waals surface area contributed by atoms with E-state index >= 15 is 0 Å². The molecular formula is C15H17Cl2N3O. The van der Waals surface area contributed by atoms with Crippen molar-refractivity contribution < 1.29 is 4.52 Å². The molecule has 0 aliphatic heterocycles. The van der Waals surface area contributed by atoms with Gasteiger partial charge in [-0.05, 0) is 31.0 Å². The SMILES string of the molecule is NC1CCCCCC1c1nc(-c2cc(Cl)cc(Cl)c2)no1. The molecule has 2 N–H and O–H groups in total. The second-order valence-corrected chi connectivity index (χ2v) is 6.40. The Morgan fingerprint density at radius 1 is 1.05 bits per heavy atom. The molecule has 0 amide bonds. The highest BCUT2D eigenvalue weighted by Crippen LogP contribution is 2.32. The topological polar surface area (TPSA) is 64.9 Å². The molecule has 0 radical (unpaired) electrons. The molecule has 2 aromatic rings. The van der Waals surface area contributed by atoms with Crippen molar-refractivity contribution in [1.29, 1.82) is 0 Å². The number of nitrogens with two attached hydrogens (primary N) is 1. The van der Waals surface area contributed by atoms with Gasteiger partial charge in [0.15, 0.2) is 0 Å². The predicted molar refractivity (Wildman–Crippen MR) is 83.6 cm³/mol. The molecule has 1 aromatic heterocycles. The highest BCUT2D eigenvalue weighted by atomic mass is 35.5. The Bertz CT molecular complexity index is 609. The van der Waals surface area contributed by atoms with E-state index in [1.807, 2.05) is 0 Å². The van der Waals surface area contributed by atoms with Crippen LogP contribution in [0.4, 0.5) is 0 Å². The van der Waals surface area contributed by atoms with Crippen molar-refractivity contribution >= 4 is 23.2 Å². The molecule has 0 bridgehead atoms. The summed E-state index contributed by atoms with van der Waals surface area (Å²) in [4.78, 5) is 4.50. The Kier molecular flexibility index (Phi) is 4.48. The highest BCUT2D eigenvalue weighted by molar-refractivity contribution is 6.35. The van der Waals surface area contributed by atoms with Gasteiger partial charge in [-0.3, -0.25) is 0 Å². The van der Waals surface area contributed by atoms with E-state index in [-0.39, 0.29) is 12.0 Å². The summed E-state index contributed by atoms with van der Waals surface area (Å²) in [6.07, 6.45) is 5.54. The monoisotopic (exact) mass is 325 g/mol. The minimum atomic E-state index is 0.0868. The molecule has 1 saturated carbocycles. The first-order valence-electron chi connectivity index (χ1n) is 7.19. The minimum Gasteiger partial charge on any atom is -0.339 e. The average molecular weight is 326 g/mol. The van der Waals surface area contributed by atoms with Gasteiger partial charge in [0.25, 0.3) is 0 Å². The van der Waals surface area contributed by atoms with Gasteiger partial charge < -0.3 is 10.3 Å². The van der Waals surface area contributed by atoms with Crippen molar-refractivity contribution in [3.05, 3.63) is 34.1 Å². The van der Waals surface area contributed by atoms with Crippen LogP contribution in [0.5, 0.6) is 0 Å². The van der Waals surface area contributed by atoms with Crippen molar-refractivity contribution in [3.8, 4) is 11.4 Å². The minimum absolute atomic E-state index is 0.0868. The van der Waals surface area contributed by atoms with Crippen molar-refractivity contribution in [1.82, 2.24) is 10.1 Å². The second-order valence-electron chi connectivity index (χ2n) is 5.52. The van der Waals surface area contributed by atoms with Crippen LogP contribution in [-0.4, -0.2) is 16.2 Å². The van der Waals surface area contributed by atoms with E-state index in [2.05, 4.69) is 10.1 Å². The van der Waals surface area contributed by atoms with Crippen LogP contribution < -0.4 is 5.73 Å². The summed E-state index contributed by atoms with van der Waals surface area (Å²) in [6.45, 7) is 0. The molecule has 2 unspecified atom stereocenters. The number of halogens is 2. The maximum atomic E-state index is 6.24. The fourth-order valence-electron chi connectivity index (χ4n) is 2.83. The molecule has 1 aliphatic carbocycles. The van der Waals surface area contributed by atoms with Crippen LogP contribution in [0.1, 0.15) is 43.9 Å². The molecule has 1 fully saturated rings. The molecule has 21 heavy (non-hydrogen) atoms. The lowest BCUT2D eigenvalue weighted by Crippen LogP contribution is -2.27. The van der Waals surface area contributed by atoms with E-state index in [1.165, 1.54) is 12.8 Å². The van der Waals surface area contributed by atoms with Crippen LogP contribution in [0.2, 0.25) is 10.0 Å². The second kappa shape index (κ2) is 6.34. The largest absolute Gasteiger partial charge is 0.339 e.